The molecule has 0 aliphatic carbocycles. The second-order valence-corrected chi connectivity index (χ2v) is 8.10. The van der Waals surface area contributed by atoms with E-state index >= 15 is 0 Å². The molecule has 0 amide bonds. The van der Waals surface area contributed by atoms with Crippen molar-refractivity contribution in [3.63, 3.8) is 0 Å². The van der Waals surface area contributed by atoms with Crippen molar-refractivity contribution in [3.8, 4) is 0 Å². The van der Waals surface area contributed by atoms with E-state index in [0.717, 1.165) is 35.8 Å². The van der Waals surface area contributed by atoms with E-state index < -0.39 is 0 Å². The molecule has 5 nitrogen and oxygen atoms in total. The van der Waals surface area contributed by atoms with E-state index in [-0.39, 0.29) is 0 Å². The predicted octanol–water partition coefficient (Wildman–Crippen LogP) is 7.40. The van der Waals surface area contributed by atoms with Crippen molar-refractivity contribution in [2.45, 2.75) is 26.9 Å². The number of aryl methyl sites for hydroxylation is 2. The summed E-state index contributed by atoms with van der Waals surface area (Å²) in [4.78, 5) is 0. The van der Waals surface area contributed by atoms with Crippen LogP contribution in [0, 0.1) is 13.8 Å². The number of hydrogen-bond donors (Lipinski definition) is 1. The number of nitrogens with two attached hydrogens (primary N) is 1. The van der Waals surface area contributed by atoms with Gasteiger partial charge >= 0.3 is 0 Å². The summed E-state index contributed by atoms with van der Waals surface area (Å²) in [7, 11) is 0. The zero-order chi connectivity index (χ0) is 22.9. The van der Waals surface area contributed by atoms with Crippen LogP contribution >= 0.6 is 0 Å². The molecule has 0 saturated heterocycles. The van der Waals surface area contributed by atoms with Crippen molar-refractivity contribution in [1.82, 2.24) is 0 Å². The number of quaternary nitrogens is 1. The van der Waals surface area contributed by atoms with E-state index in [9.17, 15) is 0 Å². The van der Waals surface area contributed by atoms with Crippen molar-refractivity contribution >= 4 is 22.7 Å². The lowest BCUT2D eigenvalue weighted by atomic mass is 10.2. The van der Waals surface area contributed by atoms with Gasteiger partial charge in [-0.15, -0.1) is 0 Å². The van der Waals surface area contributed by atoms with Gasteiger partial charge in [0.2, 0.25) is 0 Å². The highest BCUT2D eigenvalue weighted by atomic mass is 15.1. The van der Waals surface area contributed by atoms with E-state index in [1.54, 1.807) is 0 Å². The number of rotatable bonds is 8. The van der Waals surface area contributed by atoms with Gasteiger partial charge in [0.05, 0.1) is 22.7 Å². The minimum atomic E-state index is 0.856. The summed E-state index contributed by atoms with van der Waals surface area (Å²) in [5.74, 6) is 0. The Hall–Kier alpha value is -3.96. The molecule has 0 aliphatic heterocycles. The molecule has 4 aromatic rings. The lowest BCUT2D eigenvalue weighted by Gasteiger charge is -2.03. The summed E-state index contributed by atoms with van der Waals surface area (Å²) < 4.78 is 0. The predicted molar refractivity (Wildman–Crippen MR) is 133 cm³/mol. The molecule has 0 heterocycles. The standard InChI is InChI=1S/C28H27N5/c1-21-3-11-25(12-4-21)30-32-27-15-7-23(8-16-27)19-29-20-24-9-17-28(18-10-24)33-31-26-13-5-22(2)6-14-26/h3-18,29H,19-20H2,1-2H3/p+1. The van der Waals surface area contributed by atoms with Gasteiger partial charge in [0.15, 0.2) is 0 Å². The lowest BCUT2D eigenvalue weighted by Crippen LogP contribution is -2.80. The van der Waals surface area contributed by atoms with Crippen LogP contribution in [-0.2, 0) is 13.1 Å². The third-order valence-corrected chi connectivity index (χ3v) is 5.26. The molecule has 0 fully saturated rings. The first-order chi connectivity index (χ1) is 16.1. The largest absolute Gasteiger partial charge is 0.339 e. The Balaban J connectivity index is 1.24. The summed E-state index contributed by atoms with van der Waals surface area (Å²) in [6, 6.07) is 32.5. The average Bonchev–Trinajstić information content (AvgIpc) is 2.85. The Morgan fingerprint density at radius 2 is 0.697 bits per heavy atom. The monoisotopic (exact) mass is 434 g/mol. The molecular weight excluding hydrogens is 406 g/mol. The summed E-state index contributed by atoms with van der Waals surface area (Å²) in [6.07, 6.45) is 0. The minimum absolute atomic E-state index is 0.856. The third kappa shape index (κ3) is 7.02. The van der Waals surface area contributed by atoms with Gasteiger partial charge in [-0.25, -0.2) is 0 Å². The first-order valence-corrected chi connectivity index (χ1v) is 11.1. The summed E-state index contributed by atoms with van der Waals surface area (Å²) in [5, 5.41) is 19.5. The molecule has 0 atom stereocenters. The highest BCUT2D eigenvalue weighted by Crippen LogP contribution is 2.20. The van der Waals surface area contributed by atoms with Gasteiger partial charge in [-0.05, 0) is 62.4 Å². The van der Waals surface area contributed by atoms with Crippen molar-refractivity contribution in [2.75, 3.05) is 0 Å². The fraction of sp³-hybridized carbons (Fsp3) is 0.143. The maximum atomic E-state index is 4.32. The first kappa shape index (κ1) is 22.2. The van der Waals surface area contributed by atoms with Crippen LogP contribution in [0.1, 0.15) is 22.3 Å². The number of nitrogens with zero attached hydrogens (tertiary/aromatic N) is 4. The fourth-order valence-electron chi connectivity index (χ4n) is 3.26. The molecule has 0 saturated carbocycles. The Kier molecular flexibility index (Phi) is 7.46. The molecule has 0 aromatic heterocycles. The quantitative estimate of drug-likeness (QED) is 0.281. The van der Waals surface area contributed by atoms with Gasteiger partial charge in [0.1, 0.15) is 13.1 Å². The molecule has 2 N–H and O–H groups in total. The average molecular weight is 435 g/mol. The minimum Gasteiger partial charge on any atom is -0.339 e. The number of benzene rings is 4. The van der Waals surface area contributed by atoms with Gasteiger partial charge in [-0.2, -0.15) is 20.5 Å². The van der Waals surface area contributed by atoms with Crippen LogP contribution in [-0.4, -0.2) is 0 Å². The molecule has 4 rings (SSSR count). The molecule has 0 bridgehead atoms. The van der Waals surface area contributed by atoms with Gasteiger partial charge in [0.25, 0.3) is 0 Å². The van der Waals surface area contributed by atoms with Gasteiger partial charge in [-0.1, -0.05) is 59.7 Å². The van der Waals surface area contributed by atoms with Crippen LogP contribution in [0.3, 0.4) is 0 Å². The Morgan fingerprint density at radius 3 is 1.00 bits per heavy atom. The van der Waals surface area contributed by atoms with Crippen LogP contribution in [0.4, 0.5) is 22.7 Å². The highest BCUT2D eigenvalue weighted by molar-refractivity contribution is 5.43. The second-order valence-electron chi connectivity index (χ2n) is 8.10. The van der Waals surface area contributed by atoms with E-state index in [0.29, 0.717) is 0 Å². The second kappa shape index (κ2) is 11.1. The van der Waals surface area contributed by atoms with Crippen molar-refractivity contribution < 1.29 is 5.32 Å². The van der Waals surface area contributed by atoms with Gasteiger partial charge < -0.3 is 5.32 Å². The Morgan fingerprint density at radius 1 is 0.424 bits per heavy atom. The molecule has 0 spiro atoms. The maximum Gasteiger partial charge on any atom is 0.101 e. The zero-order valence-electron chi connectivity index (χ0n) is 19.0. The summed E-state index contributed by atoms with van der Waals surface area (Å²) in [5.41, 5.74) is 8.38. The number of hydrogen-bond acceptors (Lipinski definition) is 4. The summed E-state index contributed by atoms with van der Waals surface area (Å²) in [6.45, 7) is 5.94. The van der Waals surface area contributed by atoms with E-state index in [4.69, 9.17) is 0 Å². The van der Waals surface area contributed by atoms with Crippen LogP contribution in [0.15, 0.2) is 118 Å². The van der Waals surface area contributed by atoms with E-state index in [1.807, 2.05) is 72.8 Å². The van der Waals surface area contributed by atoms with Crippen LogP contribution < -0.4 is 5.32 Å². The zero-order valence-corrected chi connectivity index (χ0v) is 19.0. The molecule has 0 aliphatic rings. The Labute approximate surface area is 195 Å². The lowest BCUT2D eigenvalue weighted by molar-refractivity contribution is -0.686. The van der Waals surface area contributed by atoms with E-state index in [2.05, 4.69) is 63.9 Å². The molecule has 33 heavy (non-hydrogen) atoms. The first-order valence-electron chi connectivity index (χ1n) is 11.1. The molecule has 4 aromatic carbocycles. The van der Waals surface area contributed by atoms with Gasteiger partial charge in [-0.3, -0.25) is 0 Å². The highest BCUT2D eigenvalue weighted by Gasteiger charge is 2.00. The Bertz CT molecular complexity index is 1110. The molecule has 0 unspecified atom stereocenters. The SMILES string of the molecule is Cc1ccc(N=Nc2ccc(C[NH2+]Cc3ccc(N=Nc4ccc(C)cc4)cc3)cc2)cc1. The smallest absolute Gasteiger partial charge is 0.101 e. The molecular formula is C28H28N5+. The third-order valence-electron chi connectivity index (χ3n) is 5.26. The molecule has 0 radical (unpaired) electrons. The summed E-state index contributed by atoms with van der Waals surface area (Å²) >= 11 is 0. The molecule has 5 heteroatoms. The topological polar surface area (TPSA) is 66.0 Å². The van der Waals surface area contributed by atoms with Gasteiger partial charge in [0, 0.05) is 11.1 Å². The van der Waals surface area contributed by atoms with E-state index in [1.165, 1.54) is 22.3 Å². The maximum absolute atomic E-state index is 4.32. The van der Waals surface area contributed by atoms with Crippen molar-refractivity contribution in [1.29, 1.82) is 0 Å². The van der Waals surface area contributed by atoms with Crippen molar-refractivity contribution in [2.24, 2.45) is 20.5 Å². The molecule has 164 valence electrons. The van der Waals surface area contributed by atoms with Crippen molar-refractivity contribution in [3.05, 3.63) is 119 Å². The van der Waals surface area contributed by atoms with Crippen LogP contribution in [0.25, 0.3) is 0 Å². The van der Waals surface area contributed by atoms with Crippen LogP contribution in [0.2, 0.25) is 0 Å². The fourth-order valence-corrected chi connectivity index (χ4v) is 3.26. The normalized spacial score (nSPS) is 11.5. The number of azo groups is 2. The van der Waals surface area contributed by atoms with Crippen LogP contribution in [0.5, 0.6) is 0 Å².